The molecule has 3 heterocycles. The molecule has 28 heavy (non-hydrogen) atoms. The summed E-state index contributed by atoms with van der Waals surface area (Å²) in [6.45, 7) is 5.28. The van der Waals surface area contributed by atoms with Gasteiger partial charge in [0.2, 0.25) is 5.95 Å². The van der Waals surface area contributed by atoms with Crippen molar-refractivity contribution >= 4 is 28.8 Å². The van der Waals surface area contributed by atoms with Gasteiger partial charge in [-0.2, -0.15) is 4.98 Å². The van der Waals surface area contributed by atoms with Crippen LogP contribution in [0, 0.1) is 6.92 Å². The Kier molecular flexibility index (Phi) is 4.35. The second-order valence-electron chi connectivity index (χ2n) is 7.59. The lowest BCUT2D eigenvalue weighted by Crippen LogP contribution is -2.17. The minimum atomic E-state index is 0.765. The van der Waals surface area contributed by atoms with Gasteiger partial charge < -0.3 is 15.1 Å². The highest BCUT2D eigenvalue weighted by Gasteiger charge is 2.22. The van der Waals surface area contributed by atoms with E-state index in [0.717, 1.165) is 36.1 Å². The number of aryl methyl sites for hydroxylation is 1. The number of para-hydroxylation sites is 1. The van der Waals surface area contributed by atoms with E-state index >= 15 is 0 Å². The number of rotatable bonds is 4. The van der Waals surface area contributed by atoms with E-state index in [1.54, 1.807) is 0 Å². The molecular weight excluding hydrogens is 346 g/mol. The molecule has 1 N–H and O–H groups in total. The first-order valence-corrected chi connectivity index (χ1v) is 10.1. The summed E-state index contributed by atoms with van der Waals surface area (Å²) in [6.07, 6.45) is 3.62. The molecule has 1 aromatic heterocycles. The number of hydrogen-bond acceptors (Lipinski definition) is 5. The van der Waals surface area contributed by atoms with Gasteiger partial charge in [-0.25, -0.2) is 4.98 Å². The second kappa shape index (κ2) is 7.15. The number of anilines is 5. The molecule has 0 unspecified atom stereocenters. The zero-order valence-corrected chi connectivity index (χ0v) is 16.2. The number of nitrogens with one attached hydrogen (secondary N) is 1. The van der Waals surface area contributed by atoms with Gasteiger partial charge in [-0.1, -0.05) is 18.2 Å². The molecule has 0 spiro atoms. The predicted octanol–water partition coefficient (Wildman–Crippen LogP) is 4.82. The van der Waals surface area contributed by atoms with E-state index in [4.69, 9.17) is 9.97 Å². The summed E-state index contributed by atoms with van der Waals surface area (Å²) in [4.78, 5) is 14.2. The summed E-state index contributed by atoms with van der Waals surface area (Å²) in [6, 6.07) is 19.2. The highest BCUT2D eigenvalue weighted by atomic mass is 15.3. The highest BCUT2D eigenvalue weighted by Crippen LogP contribution is 2.33. The van der Waals surface area contributed by atoms with Crippen molar-refractivity contribution in [3.8, 4) is 0 Å². The van der Waals surface area contributed by atoms with Crippen LogP contribution in [0.2, 0.25) is 0 Å². The Hall–Kier alpha value is -3.08. The predicted molar refractivity (Wildman–Crippen MR) is 115 cm³/mol. The Labute approximate surface area is 166 Å². The zero-order chi connectivity index (χ0) is 18.9. The average molecular weight is 371 g/mol. The van der Waals surface area contributed by atoms with E-state index in [-0.39, 0.29) is 0 Å². The number of benzene rings is 2. The first-order chi connectivity index (χ1) is 13.8. The van der Waals surface area contributed by atoms with Crippen LogP contribution in [0.25, 0.3) is 0 Å². The molecule has 2 aliphatic rings. The standard InChI is InChI=1S/C23H25N5/c1-17-16-22(25-19-8-10-20(11-9-19)27-13-4-5-14-27)26-23(24-17)28-15-12-18-6-2-3-7-21(18)28/h2-3,6-11,16H,4-5,12-15H2,1H3,(H,24,25,26). The Morgan fingerprint density at radius 1 is 0.893 bits per heavy atom. The highest BCUT2D eigenvalue weighted by molar-refractivity contribution is 5.68. The third-order valence-electron chi connectivity index (χ3n) is 5.58. The lowest BCUT2D eigenvalue weighted by atomic mass is 10.2. The van der Waals surface area contributed by atoms with Gasteiger partial charge in [0.05, 0.1) is 0 Å². The molecule has 0 atom stereocenters. The zero-order valence-electron chi connectivity index (χ0n) is 16.2. The van der Waals surface area contributed by atoms with Gasteiger partial charge >= 0.3 is 0 Å². The average Bonchev–Trinajstić information content (AvgIpc) is 3.38. The molecule has 0 saturated carbocycles. The molecule has 0 bridgehead atoms. The van der Waals surface area contributed by atoms with Gasteiger partial charge in [0.1, 0.15) is 5.82 Å². The maximum absolute atomic E-state index is 4.80. The molecule has 2 aromatic carbocycles. The number of aromatic nitrogens is 2. The van der Waals surface area contributed by atoms with Crippen molar-refractivity contribution in [2.75, 3.05) is 34.8 Å². The molecule has 1 saturated heterocycles. The van der Waals surface area contributed by atoms with E-state index < -0.39 is 0 Å². The maximum Gasteiger partial charge on any atom is 0.232 e. The number of hydrogen-bond donors (Lipinski definition) is 1. The van der Waals surface area contributed by atoms with E-state index in [2.05, 4.69) is 63.6 Å². The fourth-order valence-corrected chi connectivity index (χ4v) is 4.16. The van der Waals surface area contributed by atoms with Gasteiger partial charge in [0.25, 0.3) is 0 Å². The normalized spacial score (nSPS) is 15.8. The monoisotopic (exact) mass is 371 g/mol. The molecule has 0 amide bonds. The summed E-state index contributed by atoms with van der Waals surface area (Å²) in [5.74, 6) is 1.60. The van der Waals surface area contributed by atoms with Crippen molar-refractivity contribution in [1.82, 2.24) is 9.97 Å². The molecular formula is C23H25N5. The van der Waals surface area contributed by atoms with Crippen molar-refractivity contribution in [3.63, 3.8) is 0 Å². The van der Waals surface area contributed by atoms with Crippen LogP contribution < -0.4 is 15.1 Å². The van der Waals surface area contributed by atoms with Crippen molar-refractivity contribution < 1.29 is 0 Å². The molecule has 5 rings (SSSR count). The lowest BCUT2D eigenvalue weighted by Gasteiger charge is -2.19. The quantitative estimate of drug-likeness (QED) is 0.712. The maximum atomic E-state index is 4.80. The topological polar surface area (TPSA) is 44.3 Å². The molecule has 2 aliphatic heterocycles. The van der Waals surface area contributed by atoms with E-state index in [1.165, 1.54) is 42.9 Å². The Morgan fingerprint density at radius 2 is 1.68 bits per heavy atom. The summed E-state index contributed by atoms with van der Waals surface area (Å²) >= 11 is 0. The largest absolute Gasteiger partial charge is 0.372 e. The van der Waals surface area contributed by atoms with Crippen molar-refractivity contribution in [2.24, 2.45) is 0 Å². The summed E-state index contributed by atoms with van der Waals surface area (Å²) in [7, 11) is 0. The third-order valence-corrected chi connectivity index (χ3v) is 5.58. The van der Waals surface area contributed by atoms with E-state index in [0.29, 0.717) is 0 Å². The van der Waals surface area contributed by atoms with Crippen LogP contribution >= 0.6 is 0 Å². The van der Waals surface area contributed by atoms with Crippen molar-refractivity contribution in [1.29, 1.82) is 0 Å². The van der Waals surface area contributed by atoms with Crippen LogP contribution in [0.15, 0.2) is 54.6 Å². The fraction of sp³-hybridized carbons (Fsp3) is 0.304. The fourth-order valence-electron chi connectivity index (χ4n) is 4.16. The Morgan fingerprint density at radius 3 is 2.50 bits per heavy atom. The number of nitrogens with zero attached hydrogens (tertiary/aromatic N) is 4. The van der Waals surface area contributed by atoms with Gasteiger partial charge in [-0.05, 0) is 62.1 Å². The van der Waals surface area contributed by atoms with Crippen LogP contribution in [-0.4, -0.2) is 29.6 Å². The minimum Gasteiger partial charge on any atom is -0.372 e. The van der Waals surface area contributed by atoms with Crippen LogP contribution in [0.1, 0.15) is 24.1 Å². The molecule has 142 valence electrons. The van der Waals surface area contributed by atoms with E-state index in [9.17, 15) is 0 Å². The Bertz CT molecular complexity index is 977. The summed E-state index contributed by atoms with van der Waals surface area (Å²) in [5, 5.41) is 3.45. The van der Waals surface area contributed by atoms with Gasteiger partial charge in [-0.15, -0.1) is 0 Å². The molecule has 0 aliphatic carbocycles. The van der Waals surface area contributed by atoms with Gasteiger partial charge in [0, 0.05) is 48.5 Å². The third kappa shape index (κ3) is 3.28. The second-order valence-corrected chi connectivity index (χ2v) is 7.59. The smallest absolute Gasteiger partial charge is 0.232 e. The molecule has 0 radical (unpaired) electrons. The summed E-state index contributed by atoms with van der Waals surface area (Å²) < 4.78 is 0. The van der Waals surface area contributed by atoms with Crippen LogP contribution in [0.3, 0.4) is 0 Å². The van der Waals surface area contributed by atoms with Crippen LogP contribution in [0.4, 0.5) is 28.8 Å². The minimum absolute atomic E-state index is 0.765. The van der Waals surface area contributed by atoms with Crippen molar-refractivity contribution in [3.05, 3.63) is 65.9 Å². The van der Waals surface area contributed by atoms with E-state index in [1.807, 2.05) is 13.0 Å². The van der Waals surface area contributed by atoms with Crippen LogP contribution in [-0.2, 0) is 6.42 Å². The molecule has 5 nitrogen and oxygen atoms in total. The van der Waals surface area contributed by atoms with Gasteiger partial charge in [-0.3, -0.25) is 0 Å². The first-order valence-electron chi connectivity index (χ1n) is 10.1. The first kappa shape index (κ1) is 17.0. The lowest BCUT2D eigenvalue weighted by molar-refractivity contribution is 0.931. The molecule has 5 heteroatoms. The van der Waals surface area contributed by atoms with Crippen LogP contribution in [0.5, 0.6) is 0 Å². The summed E-state index contributed by atoms with van der Waals surface area (Å²) in [5.41, 5.74) is 5.89. The van der Waals surface area contributed by atoms with Gasteiger partial charge in [0.15, 0.2) is 0 Å². The SMILES string of the molecule is Cc1cc(Nc2ccc(N3CCCC3)cc2)nc(N2CCc3ccccc32)n1. The number of fused-ring (bicyclic) bond motifs is 1. The molecule has 3 aromatic rings. The molecule has 1 fully saturated rings. The van der Waals surface area contributed by atoms with Crippen molar-refractivity contribution in [2.45, 2.75) is 26.2 Å². The Balaban J connectivity index is 1.38.